The molecule has 0 amide bonds. The average Bonchev–Trinajstić information content (AvgIpc) is 3.54. The third kappa shape index (κ3) is 5.03. The van der Waals surface area contributed by atoms with Crippen LogP contribution >= 0.6 is 0 Å². The number of hydrogen-bond acceptors (Lipinski definition) is 8. The number of benzene rings is 1. The number of methoxy groups -OCH3 is 1. The van der Waals surface area contributed by atoms with Crippen LogP contribution in [0.2, 0.25) is 0 Å². The van der Waals surface area contributed by atoms with E-state index in [0.29, 0.717) is 37.2 Å². The van der Waals surface area contributed by atoms with Crippen molar-refractivity contribution >= 4 is 16.9 Å². The van der Waals surface area contributed by atoms with E-state index < -0.39 is 5.41 Å². The second-order valence-corrected chi connectivity index (χ2v) is 10.1. The maximum atomic E-state index is 12.6. The van der Waals surface area contributed by atoms with Gasteiger partial charge in [0.15, 0.2) is 5.58 Å². The van der Waals surface area contributed by atoms with Crippen molar-refractivity contribution in [2.24, 2.45) is 11.3 Å². The molecule has 1 aromatic heterocycles. The van der Waals surface area contributed by atoms with E-state index in [-0.39, 0.29) is 12.1 Å². The van der Waals surface area contributed by atoms with E-state index in [0.717, 1.165) is 69.3 Å². The summed E-state index contributed by atoms with van der Waals surface area (Å²) < 4.78 is 28.6. The maximum Gasteiger partial charge on any atom is 0.313 e. The molecule has 5 rings (SSSR count). The fraction of sp³-hybridized carbons (Fsp3) is 0.692. The lowest BCUT2D eigenvalue weighted by Gasteiger charge is -2.41. The molecule has 186 valence electrons. The van der Waals surface area contributed by atoms with Crippen molar-refractivity contribution in [1.82, 2.24) is 10.1 Å². The summed E-state index contributed by atoms with van der Waals surface area (Å²) in [7, 11) is 1.49. The third-order valence-electron chi connectivity index (χ3n) is 7.78. The molecule has 2 aliphatic heterocycles. The Kier molecular flexibility index (Phi) is 7.25. The Morgan fingerprint density at radius 2 is 1.91 bits per heavy atom. The minimum Gasteiger partial charge on any atom is -0.489 e. The van der Waals surface area contributed by atoms with Crippen molar-refractivity contribution in [3.05, 3.63) is 18.2 Å². The molecule has 0 bridgehead atoms. The second-order valence-electron chi connectivity index (χ2n) is 10.1. The number of esters is 1. The quantitative estimate of drug-likeness (QED) is 0.529. The van der Waals surface area contributed by atoms with E-state index in [9.17, 15) is 4.79 Å². The predicted molar refractivity (Wildman–Crippen MR) is 126 cm³/mol. The molecular weight excluding hydrogens is 436 g/mol. The SMILES string of the molecule is COC(=O)C1(CN2CCC(COc3noc4cccc(OC5CCCC5)c34)CC2)CCOCC1. The molecule has 0 N–H and O–H groups in total. The zero-order valence-corrected chi connectivity index (χ0v) is 20.1. The fourth-order valence-corrected chi connectivity index (χ4v) is 5.66. The van der Waals surface area contributed by atoms with Crippen molar-refractivity contribution in [3.8, 4) is 11.6 Å². The zero-order chi connectivity index (χ0) is 23.4. The Hall–Kier alpha value is -2.32. The number of nitrogens with zero attached hydrogens (tertiary/aromatic N) is 2. The highest BCUT2D eigenvalue weighted by Gasteiger charge is 2.43. The van der Waals surface area contributed by atoms with Gasteiger partial charge in [0.25, 0.3) is 5.88 Å². The number of likely N-dealkylation sites (tertiary alicyclic amines) is 1. The molecule has 1 saturated carbocycles. The van der Waals surface area contributed by atoms with Crippen LogP contribution in [0.15, 0.2) is 22.7 Å². The fourth-order valence-electron chi connectivity index (χ4n) is 5.66. The van der Waals surface area contributed by atoms with Crippen molar-refractivity contribution in [2.45, 2.75) is 57.5 Å². The number of rotatable bonds is 8. The first-order chi connectivity index (χ1) is 16.7. The lowest BCUT2D eigenvalue weighted by Crippen LogP contribution is -2.49. The molecule has 1 aromatic carbocycles. The predicted octanol–water partition coefficient (Wildman–Crippen LogP) is 4.21. The molecule has 3 heterocycles. The topological polar surface area (TPSA) is 83.3 Å². The lowest BCUT2D eigenvalue weighted by atomic mass is 9.79. The molecule has 8 nitrogen and oxygen atoms in total. The first kappa shape index (κ1) is 23.4. The van der Waals surface area contributed by atoms with Gasteiger partial charge in [-0.05, 0) is 87.7 Å². The average molecular weight is 473 g/mol. The number of ether oxygens (including phenoxy) is 4. The van der Waals surface area contributed by atoms with Crippen LogP contribution in [-0.4, -0.2) is 68.7 Å². The summed E-state index contributed by atoms with van der Waals surface area (Å²) in [6.07, 6.45) is 8.41. The van der Waals surface area contributed by atoms with E-state index in [2.05, 4.69) is 10.1 Å². The Bertz CT molecular complexity index is 955. The molecule has 3 aliphatic rings. The van der Waals surface area contributed by atoms with Crippen LogP contribution in [0.5, 0.6) is 11.6 Å². The number of aromatic nitrogens is 1. The molecule has 3 fully saturated rings. The van der Waals surface area contributed by atoms with Gasteiger partial charge in [-0.2, -0.15) is 0 Å². The molecule has 2 saturated heterocycles. The molecule has 8 heteroatoms. The minimum absolute atomic E-state index is 0.102. The number of hydrogen-bond donors (Lipinski definition) is 0. The second kappa shape index (κ2) is 10.5. The van der Waals surface area contributed by atoms with E-state index in [1.807, 2.05) is 18.2 Å². The molecule has 34 heavy (non-hydrogen) atoms. The van der Waals surface area contributed by atoms with Gasteiger partial charge < -0.3 is 28.4 Å². The molecule has 1 aliphatic carbocycles. The zero-order valence-electron chi connectivity index (χ0n) is 20.1. The summed E-state index contributed by atoms with van der Waals surface area (Å²) in [5.41, 5.74) is 0.260. The van der Waals surface area contributed by atoms with Crippen LogP contribution in [0.4, 0.5) is 0 Å². The van der Waals surface area contributed by atoms with Crippen molar-refractivity contribution < 1.29 is 28.3 Å². The number of carbonyl (C=O) groups excluding carboxylic acids is 1. The monoisotopic (exact) mass is 472 g/mol. The smallest absolute Gasteiger partial charge is 0.313 e. The number of piperidine rings is 1. The van der Waals surface area contributed by atoms with Gasteiger partial charge in [-0.15, -0.1) is 0 Å². The summed E-state index contributed by atoms with van der Waals surface area (Å²) >= 11 is 0. The van der Waals surface area contributed by atoms with Crippen LogP contribution in [0.1, 0.15) is 51.4 Å². The van der Waals surface area contributed by atoms with Gasteiger partial charge in [-0.3, -0.25) is 4.79 Å². The summed E-state index contributed by atoms with van der Waals surface area (Å²) in [5, 5.41) is 5.03. The van der Waals surface area contributed by atoms with Crippen molar-refractivity contribution in [2.75, 3.05) is 46.6 Å². The Balaban J connectivity index is 1.16. The standard InChI is InChI=1S/C26H36N2O6/c1-30-25(29)26(11-15-31-16-12-26)18-28-13-9-19(10-14-28)17-32-24-23-21(33-20-5-2-3-6-20)7-4-8-22(23)34-27-24/h4,7-8,19-20H,2-3,5-6,9-18H2,1H3. The third-order valence-corrected chi connectivity index (χ3v) is 7.78. The van der Waals surface area contributed by atoms with E-state index >= 15 is 0 Å². The van der Waals surface area contributed by atoms with E-state index in [1.54, 1.807) is 0 Å². The molecular formula is C26H36N2O6. The van der Waals surface area contributed by atoms with Crippen LogP contribution in [0, 0.1) is 11.3 Å². The molecule has 0 radical (unpaired) electrons. The van der Waals surface area contributed by atoms with Gasteiger partial charge in [-0.25, -0.2) is 0 Å². The van der Waals surface area contributed by atoms with Gasteiger partial charge in [-0.1, -0.05) is 6.07 Å². The van der Waals surface area contributed by atoms with E-state index in [4.69, 9.17) is 23.5 Å². The summed E-state index contributed by atoms with van der Waals surface area (Å²) in [6, 6.07) is 5.83. The Labute approximate surface area is 200 Å². The Morgan fingerprint density at radius 3 is 2.65 bits per heavy atom. The highest BCUT2D eigenvalue weighted by atomic mass is 16.5. The minimum atomic E-state index is -0.439. The molecule has 0 unspecified atom stereocenters. The molecule has 0 atom stereocenters. The van der Waals surface area contributed by atoms with Gasteiger partial charge in [0, 0.05) is 19.8 Å². The maximum absolute atomic E-state index is 12.6. The van der Waals surface area contributed by atoms with Crippen LogP contribution < -0.4 is 9.47 Å². The number of carbonyl (C=O) groups is 1. The first-order valence-electron chi connectivity index (χ1n) is 12.7. The summed E-state index contributed by atoms with van der Waals surface area (Å²) in [4.78, 5) is 15.0. The molecule has 2 aromatic rings. The first-order valence-corrected chi connectivity index (χ1v) is 12.7. The highest BCUT2D eigenvalue weighted by Crippen LogP contribution is 2.37. The van der Waals surface area contributed by atoms with Crippen molar-refractivity contribution in [1.29, 1.82) is 0 Å². The lowest BCUT2D eigenvalue weighted by molar-refractivity contribution is -0.160. The normalized spacial score (nSPS) is 22.1. The van der Waals surface area contributed by atoms with Gasteiger partial charge in [0.05, 0.1) is 25.2 Å². The van der Waals surface area contributed by atoms with Gasteiger partial charge >= 0.3 is 5.97 Å². The Morgan fingerprint density at radius 1 is 1.15 bits per heavy atom. The highest BCUT2D eigenvalue weighted by molar-refractivity contribution is 5.88. The summed E-state index contributed by atoms with van der Waals surface area (Å²) in [5.74, 6) is 1.67. The van der Waals surface area contributed by atoms with E-state index in [1.165, 1.54) is 20.0 Å². The van der Waals surface area contributed by atoms with Crippen LogP contribution in [0.3, 0.4) is 0 Å². The largest absolute Gasteiger partial charge is 0.489 e. The van der Waals surface area contributed by atoms with Gasteiger partial charge in [0.1, 0.15) is 11.1 Å². The summed E-state index contributed by atoms with van der Waals surface area (Å²) in [6.45, 7) is 4.48. The molecule has 0 spiro atoms. The van der Waals surface area contributed by atoms with Crippen LogP contribution in [-0.2, 0) is 14.3 Å². The number of fused-ring (bicyclic) bond motifs is 1. The van der Waals surface area contributed by atoms with Crippen molar-refractivity contribution in [3.63, 3.8) is 0 Å². The van der Waals surface area contributed by atoms with Crippen LogP contribution in [0.25, 0.3) is 11.0 Å². The van der Waals surface area contributed by atoms with Gasteiger partial charge in [0.2, 0.25) is 0 Å².